The van der Waals surface area contributed by atoms with Crippen molar-refractivity contribution >= 4 is 39.8 Å². The number of rotatable bonds is 6. The molecule has 0 unspecified atom stereocenters. The fourth-order valence-electron chi connectivity index (χ4n) is 4.65. The summed E-state index contributed by atoms with van der Waals surface area (Å²) in [6.45, 7) is 15.4. The maximum absolute atomic E-state index is 2.61. The predicted octanol–water partition coefficient (Wildman–Crippen LogP) is 3.96. The zero-order valence-electron chi connectivity index (χ0n) is 18.7. The minimum Gasteiger partial charge on any atom is -0.275 e. The molecule has 0 aromatic carbocycles. The van der Waals surface area contributed by atoms with E-state index < -0.39 is 30.5 Å². The average molecular weight is 409 g/mol. The van der Waals surface area contributed by atoms with Gasteiger partial charge in [-0.3, -0.25) is 18.7 Å². The fraction of sp³-hybridized carbons (Fsp3) is 0.875. The lowest BCUT2D eigenvalue weighted by Gasteiger charge is -2.65. The molecule has 0 spiro atoms. The summed E-state index contributed by atoms with van der Waals surface area (Å²) < 4.78 is 14.3. The molecule has 8 heteroatoms. The van der Waals surface area contributed by atoms with Crippen LogP contribution in [0.2, 0.25) is 39.3 Å². The van der Waals surface area contributed by atoms with Crippen LogP contribution in [0, 0.1) is 0 Å². The Morgan fingerprint density at radius 1 is 0.458 bits per heavy atom. The van der Waals surface area contributed by atoms with Gasteiger partial charge in [0.25, 0.3) is 0 Å². The van der Waals surface area contributed by atoms with Crippen molar-refractivity contribution in [2.24, 2.45) is 0 Å². The van der Waals surface area contributed by atoms with Crippen LogP contribution in [-0.2, 0) is 0 Å². The van der Waals surface area contributed by atoms with Gasteiger partial charge in [0.2, 0.25) is 0 Å². The number of hydrogen-bond donors (Lipinski definition) is 0. The summed E-state index contributed by atoms with van der Waals surface area (Å²) in [5.41, 5.74) is 0. The van der Waals surface area contributed by atoms with E-state index in [9.17, 15) is 0 Å². The first-order valence-corrected chi connectivity index (χ1v) is 19.2. The van der Waals surface area contributed by atoms with Crippen molar-refractivity contribution in [2.75, 3.05) is 56.4 Å². The Bertz CT molecular complexity index is 514. The van der Waals surface area contributed by atoms with E-state index in [0.29, 0.717) is 0 Å². The summed E-state index contributed by atoms with van der Waals surface area (Å²) >= 11 is 0. The first-order valence-electron chi connectivity index (χ1n) is 8.77. The molecule has 4 nitrogen and oxygen atoms in total. The molecular weight excluding hydrogens is 366 g/mol. The molecule has 0 fully saturated rings. The van der Waals surface area contributed by atoms with E-state index in [1.807, 2.05) is 9.32 Å². The molecule has 0 radical (unpaired) electrons. The molecule has 1 rings (SSSR count). The quantitative estimate of drug-likeness (QED) is 0.487. The molecule has 0 aromatic rings. The third-order valence-corrected chi connectivity index (χ3v) is 29.7. The first-order chi connectivity index (χ1) is 10.5. The van der Waals surface area contributed by atoms with Crippen LogP contribution in [0.15, 0.2) is 0 Å². The van der Waals surface area contributed by atoms with E-state index >= 15 is 0 Å². The smallest absolute Gasteiger partial charge is 0.0851 e. The second-order valence-electron chi connectivity index (χ2n) is 9.74. The largest absolute Gasteiger partial charge is 0.275 e. The maximum Gasteiger partial charge on any atom is 0.0851 e. The Kier molecular flexibility index (Phi) is 6.49. The van der Waals surface area contributed by atoms with Gasteiger partial charge in [0.1, 0.15) is 0 Å². The average Bonchev–Trinajstić information content (AvgIpc) is 2.21. The van der Waals surface area contributed by atoms with Crippen LogP contribution in [0.3, 0.4) is 0 Å². The van der Waals surface area contributed by atoms with Crippen LogP contribution < -0.4 is 0 Å². The minimum absolute atomic E-state index is 1.47. The monoisotopic (exact) mass is 408 g/mol. The predicted molar refractivity (Wildman–Crippen MR) is 125 cm³/mol. The Morgan fingerprint density at radius 2 is 0.625 bits per heavy atom. The highest BCUT2D eigenvalue weighted by molar-refractivity contribution is 8.30. The summed E-state index contributed by atoms with van der Waals surface area (Å²) in [6.07, 6.45) is 0. The lowest BCUT2D eigenvalue weighted by Crippen LogP contribution is -2.58. The fourth-order valence-corrected chi connectivity index (χ4v) is 40.3. The molecule has 0 atom stereocenters. The highest BCUT2D eigenvalue weighted by Crippen LogP contribution is 2.81. The summed E-state index contributed by atoms with van der Waals surface area (Å²) in [4.78, 5) is 0. The van der Waals surface area contributed by atoms with Crippen molar-refractivity contribution in [2.45, 2.75) is 39.3 Å². The Labute approximate surface area is 154 Å². The van der Waals surface area contributed by atoms with Gasteiger partial charge in [-0.05, 0) is 65.7 Å². The molecule has 1 aliphatic heterocycles. The summed E-state index contributed by atoms with van der Waals surface area (Å²) in [5, 5.41) is 0. The maximum atomic E-state index is 2.61. The van der Waals surface area contributed by atoms with Gasteiger partial charge in [0.15, 0.2) is 0 Å². The van der Waals surface area contributed by atoms with E-state index in [-0.39, 0.29) is 0 Å². The van der Waals surface area contributed by atoms with Gasteiger partial charge in [0, 0.05) is 14.4 Å². The van der Waals surface area contributed by atoms with Crippen LogP contribution in [0.25, 0.3) is 0 Å². The Hall–Kier alpha value is 0.874. The van der Waals surface area contributed by atoms with Crippen molar-refractivity contribution in [3.63, 3.8) is 0 Å². The molecule has 0 amide bonds. The van der Waals surface area contributed by atoms with Crippen LogP contribution >= 0.6 is 14.4 Å². The second-order valence-corrected chi connectivity index (χ2v) is 29.5. The molecule has 0 N–H and O–H groups in total. The normalized spacial score (nSPS) is 21.2. The molecule has 0 saturated heterocycles. The van der Waals surface area contributed by atoms with Crippen molar-refractivity contribution < 1.29 is 0 Å². The highest BCUT2D eigenvalue weighted by atomic mass is 31.2. The Balaban J connectivity index is 4.24. The van der Waals surface area contributed by atoms with Crippen molar-refractivity contribution in [3.05, 3.63) is 0 Å². The zero-order chi connectivity index (χ0) is 19.5. The van der Waals surface area contributed by atoms with Gasteiger partial charge in [-0.1, -0.05) is 39.3 Å². The topological polar surface area (TPSA) is 13.0 Å². The van der Waals surface area contributed by atoms with Crippen molar-refractivity contribution in [1.82, 2.24) is 18.7 Å². The lowest BCUT2D eigenvalue weighted by molar-refractivity contribution is 0.570. The minimum atomic E-state index is -1.52. The summed E-state index contributed by atoms with van der Waals surface area (Å²) in [5.74, 6) is 0. The molecule has 0 bridgehead atoms. The van der Waals surface area contributed by atoms with E-state index in [0.717, 1.165) is 0 Å². The van der Waals surface area contributed by atoms with Crippen molar-refractivity contribution in [3.8, 4) is 0 Å². The third kappa shape index (κ3) is 2.95. The molecule has 1 heterocycles. The number of hydrogen-bond acceptors (Lipinski definition) is 4. The number of nitrogens with zero attached hydrogens (tertiary/aromatic N) is 4. The van der Waals surface area contributed by atoms with Crippen LogP contribution in [-0.4, -0.2) is 101 Å². The molecule has 0 aromatic heterocycles. The van der Waals surface area contributed by atoms with Gasteiger partial charge in [-0.15, -0.1) is 0 Å². The van der Waals surface area contributed by atoms with Crippen LogP contribution in [0.5, 0.6) is 0 Å². The first kappa shape index (κ1) is 22.9. The molecule has 144 valence electrons. The van der Waals surface area contributed by atoms with Gasteiger partial charge >= 0.3 is 0 Å². The van der Waals surface area contributed by atoms with E-state index in [2.05, 4.69) is 114 Å². The third-order valence-electron chi connectivity index (χ3n) is 4.84. The molecule has 0 aliphatic carbocycles. The summed E-state index contributed by atoms with van der Waals surface area (Å²) in [6, 6.07) is 0. The van der Waals surface area contributed by atoms with Crippen LogP contribution in [0.1, 0.15) is 0 Å². The summed E-state index contributed by atoms with van der Waals surface area (Å²) in [7, 11) is 12.6. The second kappa shape index (κ2) is 6.80. The van der Waals surface area contributed by atoms with E-state index in [1.165, 1.54) is 0 Å². The van der Waals surface area contributed by atoms with Gasteiger partial charge in [-0.2, -0.15) is 0 Å². The highest BCUT2D eigenvalue weighted by Gasteiger charge is 2.59. The SMILES string of the molecule is CN(C)P1(N(C)C)=C([Si](C)(C)C)P(N(C)C)(N(C)C)=C1[Si](C)(C)C. The lowest BCUT2D eigenvalue weighted by atomic mass is 11.3. The van der Waals surface area contributed by atoms with Crippen molar-refractivity contribution in [1.29, 1.82) is 0 Å². The molecule has 24 heavy (non-hydrogen) atoms. The molecule has 0 saturated carbocycles. The standard InChI is InChI=1S/C16H42N4P2Si2/c1-17(2)21(18(3)4)15(23(9,10)11)22(19(5)6,20(7)8)16(21)24(12,13)14/h1-14H3. The molecular formula is C16H42N4P2Si2. The van der Waals surface area contributed by atoms with Crippen LogP contribution in [0.4, 0.5) is 0 Å². The van der Waals surface area contributed by atoms with E-state index in [4.69, 9.17) is 0 Å². The van der Waals surface area contributed by atoms with E-state index in [1.54, 1.807) is 0 Å². The molecule has 1 aliphatic rings. The zero-order valence-corrected chi connectivity index (χ0v) is 22.5. The van der Waals surface area contributed by atoms with Gasteiger partial charge in [0.05, 0.1) is 16.1 Å². The van der Waals surface area contributed by atoms with Gasteiger partial charge < -0.3 is 0 Å². The Morgan fingerprint density at radius 3 is 0.708 bits per heavy atom. The van der Waals surface area contributed by atoms with Gasteiger partial charge in [-0.25, -0.2) is 0 Å².